The summed E-state index contributed by atoms with van der Waals surface area (Å²) in [5.74, 6) is 0.247. The van der Waals surface area contributed by atoms with Gasteiger partial charge in [-0.2, -0.15) is 0 Å². The molecule has 0 bridgehead atoms. The molecule has 1 aliphatic rings. The SMILES string of the molecule is Cc1cccc(CNc2cccc(NC(O)c3csc4c(Cl)ncnc34)c2C(=N)C2CC2)n1. The number of halogens is 1. The van der Waals surface area contributed by atoms with Gasteiger partial charge < -0.3 is 21.1 Å². The van der Waals surface area contributed by atoms with Crippen molar-refractivity contribution in [3.05, 3.63) is 75.8 Å². The first-order valence-corrected chi connectivity index (χ1v) is 12.0. The maximum Gasteiger partial charge on any atom is 0.153 e. The second kappa shape index (κ2) is 9.05. The molecule has 1 saturated carbocycles. The normalized spacial score (nSPS) is 14.3. The van der Waals surface area contributed by atoms with Gasteiger partial charge in [0.2, 0.25) is 0 Å². The lowest BCUT2D eigenvalue weighted by Gasteiger charge is -2.21. The summed E-state index contributed by atoms with van der Waals surface area (Å²) in [6.07, 6.45) is 2.41. The number of hydrogen-bond donors (Lipinski definition) is 4. The molecule has 33 heavy (non-hydrogen) atoms. The van der Waals surface area contributed by atoms with Crippen LogP contribution in [0.15, 0.2) is 48.1 Å². The van der Waals surface area contributed by atoms with E-state index in [9.17, 15) is 5.11 Å². The molecule has 168 valence electrons. The zero-order valence-electron chi connectivity index (χ0n) is 18.0. The molecule has 3 heterocycles. The molecule has 1 unspecified atom stereocenters. The smallest absolute Gasteiger partial charge is 0.153 e. The summed E-state index contributed by atoms with van der Waals surface area (Å²) in [6.45, 7) is 2.51. The number of hydrogen-bond acceptors (Lipinski definition) is 8. The number of benzene rings is 1. The fourth-order valence-corrected chi connectivity index (χ4v) is 5.01. The minimum Gasteiger partial charge on any atom is -0.379 e. The summed E-state index contributed by atoms with van der Waals surface area (Å²) in [5, 5.41) is 28.7. The predicted octanol–water partition coefficient (Wildman–Crippen LogP) is 5.54. The highest BCUT2D eigenvalue weighted by molar-refractivity contribution is 7.18. The summed E-state index contributed by atoms with van der Waals surface area (Å²) in [7, 11) is 0. The second-order valence-corrected chi connectivity index (χ2v) is 9.36. The second-order valence-electron chi connectivity index (χ2n) is 8.12. The first-order chi connectivity index (χ1) is 16.0. The Morgan fingerprint density at radius 1 is 1.21 bits per heavy atom. The van der Waals surface area contributed by atoms with Gasteiger partial charge in [-0.3, -0.25) is 4.98 Å². The molecule has 1 aromatic carbocycles. The lowest BCUT2D eigenvalue weighted by molar-refractivity contribution is 0.210. The minimum absolute atomic E-state index is 0.247. The van der Waals surface area contributed by atoms with Crippen LogP contribution in [0, 0.1) is 18.3 Å². The summed E-state index contributed by atoms with van der Waals surface area (Å²) < 4.78 is 0.738. The van der Waals surface area contributed by atoms with Gasteiger partial charge >= 0.3 is 0 Å². The van der Waals surface area contributed by atoms with Crippen LogP contribution in [0.2, 0.25) is 5.15 Å². The van der Waals surface area contributed by atoms with Crippen molar-refractivity contribution in [1.29, 1.82) is 5.41 Å². The fraction of sp³-hybridized carbons (Fsp3) is 0.250. The van der Waals surface area contributed by atoms with Gasteiger partial charge in [0, 0.05) is 45.2 Å². The number of pyridine rings is 1. The third-order valence-corrected chi connectivity index (χ3v) is 7.04. The van der Waals surface area contributed by atoms with Gasteiger partial charge in [0.25, 0.3) is 0 Å². The molecule has 0 aliphatic heterocycles. The number of nitrogens with zero attached hydrogens (tertiary/aromatic N) is 3. The molecule has 5 rings (SSSR count). The molecule has 0 radical (unpaired) electrons. The summed E-state index contributed by atoms with van der Waals surface area (Å²) in [5.41, 5.74) is 6.03. The van der Waals surface area contributed by atoms with Gasteiger partial charge in [-0.05, 0) is 44.0 Å². The Morgan fingerprint density at radius 3 is 2.79 bits per heavy atom. The van der Waals surface area contributed by atoms with Crippen molar-refractivity contribution in [2.24, 2.45) is 5.92 Å². The number of nitrogens with one attached hydrogen (secondary N) is 3. The first-order valence-electron chi connectivity index (χ1n) is 10.7. The third-order valence-electron chi connectivity index (χ3n) is 5.65. The Hall–Kier alpha value is -3.07. The molecule has 1 fully saturated rings. The molecule has 1 atom stereocenters. The largest absolute Gasteiger partial charge is 0.379 e. The van der Waals surface area contributed by atoms with Gasteiger partial charge in [0.05, 0.1) is 22.5 Å². The average molecular weight is 479 g/mol. The quantitative estimate of drug-likeness (QED) is 0.150. The van der Waals surface area contributed by atoms with E-state index in [1.807, 2.05) is 48.7 Å². The molecular weight excluding hydrogens is 456 g/mol. The van der Waals surface area contributed by atoms with Gasteiger partial charge in [-0.25, -0.2) is 9.97 Å². The highest BCUT2D eigenvalue weighted by Crippen LogP contribution is 2.39. The van der Waals surface area contributed by atoms with E-state index in [1.54, 1.807) is 0 Å². The van der Waals surface area contributed by atoms with Gasteiger partial charge in [-0.1, -0.05) is 23.7 Å². The van der Waals surface area contributed by atoms with Crippen molar-refractivity contribution >= 4 is 50.2 Å². The number of aromatic nitrogens is 3. The van der Waals surface area contributed by atoms with Crippen molar-refractivity contribution in [3.8, 4) is 0 Å². The number of anilines is 2. The molecule has 0 spiro atoms. The van der Waals surface area contributed by atoms with Gasteiger partial charge in [0.15, 0.2) is 6.23 Å². The maximum atomic E-state index is 11.0. The van der Waals surface area contributed by atoms with E-state index in [0.29, 0.717) is 34.2 Å². The Morgan fingerprint density at radius 2 is 2.00 bits per heavy atom. The van der Waals surface area contributed by atoms with Crippen molar-refractivity contribution in [3.63, 3.8) is 0 Å². The van der Waals surface area contributed by atoms with Crippen molar-refractivity contribution in [1.82, 2.24) is 15.0 Å². The molecule has 0 saturated heterocycles. The van der Waals surface area contributed by atoms with Crippen LogP contribution in [-0.4, -0.2) is 25.8 Å². The van der Waals surface area contributed by atoms with E-state index in [0.717, 1.165) is 40.2 Å². The zero-order valence-corrected chi connectivity index (χ0v) is 19.5. The van der Waals surface area contributed by atoms with E-state index in [4.69, 9.17) is 17.0 Å². The minimum atomic E-state index is -1.01. The Balaban J connectivity index is 1.45. The summed E-state index contributed by atoms with van der Waals surface area (Å²) in [4.78, 5) is 12.9. The van der Waals surface area contributed by atoms with Gasteiger partial charge in [0.1, 0.15) is 11.5 Å². The van der Waals surface area contributed by atoms with Crippen LogP contribution >= 0.6 is 22.9 Å². The molecule has 0 amide bonds. The van der Waals surface area contributed by atoms with E-state index in [1.165, 1.54) is 17.7 Å². The van der Waals surface area contributed by atoms with Crippen LogP contribution in [0.1, 0.15) is 41.6 Å². The zero-order chi connectivity index (χ0) is 22.9. The predicted molar refractivity (Wildman–Crippen MR) is 133 cm³/mol. The van der Waals surface area contributed by atoms with Crippen molar-refractivity contribution in [2.75, 3.05) is 10.6 Å². The highest BCUT2D eigenvalue weighted by Gasteiger charge is 2.30. The van der Waals surface area contributed by atoms with E-state index >= 15 is 0 Å². The van der Waals surface area contributed by atoms with Crippen LogP contribution < -0.4 is 10.6 Å². The van der Waals surface area contributed by atoms with Gasteiger partial charge in [-0.15, -0.1) is 11.3 Å². The van der Waals surface area contributed by atoms with E-state index in [-0.39, 0.29) is 5.92 Å². The molecule has 7 nitrogen and oxygen atoms in total. The van der Waals surface area contributed by atoms with Crippen LogP contribution in [0.5, 0.6) is 0 Å². The number of aliphatic hydroxyl groups excluding tert-OH is 1. The van der Waals surface area contributed by atoms with E-state index in [2.05, 4.69) is 25.6 Å². The lowest BCUT2D eigenvalue weighted by Crippen LogP contribution is -2.16. The highest BCUT2D eigenvalue weighted by atomic mass is 35.5. The molecule has 9 heteroatoms. The van der Waals surface area contributed by atoms with Crippen molar-refractivity contribution < 1.29 is 5.11 Å². The number of rotatable bonds is 8. The van der Waals surface area contributed by atoms with Crippen LogP contribution in [0.3, 0.4) is 0 Å². The molecule has 4 aromatic rings. The summed E-state index contributed by atoms with van der Waals surface area (Å²) >= 11 is 7.57. The number of thiophene rings is 1. The maximum absolute atomic E-state index is 11.0. The average Bonchev–Trinajstić information content (AvgIpc) is 3.56. The summed E-state index contributed by atoms with van der Waals surface area (Å²) in [6, 6.07) is 11.7. The Kier molecular flexibility index (Phi) is 5.97. The van der Waals surface area contributed by atoms with Crippen molar-refractivity contribution in [2.45, 2.75) is 32.5 Å². The molecule has 4 N–H and O–H groups in total. The molecular formula is C24H23ClN6OS. The fourth-order valence-electron chi connectivity index (χ4n) is 3.83. The lowest BCUT2D eigenvalue weighted by atomic mass is 10.0. The van der Waals surface area contributed by atoms with Crippen LogP contribution in [0.4, 0.5) is 11.4 Å². The molecule has 1 aliphatic carbocycles. The van der Waals surface area contributed by atoms with Crippen LogP contribution in [0.25, 0.3) is 10.2 Å². The first kappa shape index (κ1) is 21.8. The number of aryl methyl sites for hydroxylation is 1. The molecule has 3 aromatic heterocycles. The number of fused-ring (bicyclic) bond motifs is 1. The number of aliphatic hydroxyl groups is 1. The standard InChI is InChI=1S/C24H23ClN6OS/c1-13-4-2-5-15(30-13)10-27-17-6-3-7-18(19(17)20(26)14-8-9-14)31-24(32)16-11-33-22-21(16)28-12-29-23(22)25/h2-7,11-12,14,24,26-27,31-32H,8-10H2,1H3. The Labute approximate surface area is 200 Å². The third kappa shape index (κ3) is 4.55. The Bertz CT molecular complexity index is 1340. The van der Waals surface area contributed by atoms with Crippen LogP contribution in [-0.2, 0) is 6.54 Å². The topological polar surface area (TPSA) is 107 Å². The monoisotopic (exact) mass is 478 g/mol. The van der Waals surface area contributed by atoms with E-state index < -0.39 is 6.23 Å².